The maximum absolute atomic E-state index is 5.81. The van der Waals surface area contributed by atoms with Gasteiger partial charge in [0.25, 0.3) is 0 Å². The first-order valence-corrected chi connectivity index (χ1v) is 6.04. The minimum Gasteiger partial charge on any atom is -0.326 e. The smallest absolute Gasteiger partial charge is 0.0180 e. The van der Waals surface area contributed by atoms with Gasteiger partial charge in [-0.15, -0.1) is 0 Å². The van der Waals surface area contributed by atoms with Crippen molar-refractivity contribution in [2.24, 2.45) is 5.73 Å². The Hall–Kier alpha value is 0.270. The summed E-state index contributed by atoms with van der Waals surface area (Å²) in [7, 11) is 0. The number of rotatable bonds is 5. The van der Waals surface area contributed by atoms with E-state index >= 15 is 0 Å². The first kappa shape index (κ1) is 10.4. The molecular weight excluding hydrogens is 168 g/mol. The van der Waals surface area contributed by atoms with Crippen LogP contribution in [0.5, 0.6) is 0 Å². The van der Waals surface area contributed by atoms with Gasteiger partial charge in [-0.05, 0) is 37.4 Å². The zero-order chi connectivity index (χ0) is 8.81. The van der Waals surface area contributed by atoms with E-state index in [1.807, 2.05) is 11.8 Å². The minimum absolute atomic E-state index is 0.448. The molecule has 1 rings (SSSR count). The molecule has 2 nitrogen and oxygen atoms in total. The molecule has 0 saturated carbocycles. The largest absolute Gasteiger partial charge is 0.326 e. The topological polar surface area (TPSA) is 29.3 Å². The van der Waals surface area contributed by atoms with Gasteiger partial charge in [0.2, 0.25) is 0 Å². The van der Waals surface area contributed by atoms with Crippen molar-refractivity contribution in [1.82, 2.24) is 4.90 Å². The van der Waals surface area contributed by atoms with Gasteiger partial charge in [-0.1, -0.05) is 6.92 Å². The number of likely N-dealkylation sites (tertiary alicyclic amines) is 1. The Labute approximate surface area is 79.9 Å². The Morgan fingerprint density at radius 2 is 2.42 bits per heavy atom. The molecule has 3 heteroatoms. The summed E-state index contributed by atoms with van der Waals surface area (Å²) in [4.78, 5) is 2.49. The highest BCUT2D eigenvalue weighted by Gasteiger charge is 2.17. The van der Waals surface area contributed by atoms with E-state index in [1.165, 1.54) is 37.4 Å². The van der Waals surface area contributed by atoms with Gasteiger partial charge >= 0.3 is 0 Å². The van der Waals surface area contributed by atoms with Gasteiger partial charge in [0.05, 0.1) is 0 Å². The molecule has 0 radical (unpaired) electrons. The van der Waals surface area contributed by atoms with E-state index in [9.17, 15) is 0 Å². The van der Waals surface area contributed by atoms with Crippen LogP contribution < -0.4 is 5.73 Å². The fourth-order valence-corrected chi connectivity index (χ4v) is 2.22. The summed E-state index contributed by atoms with van der Waals surface area (Å²) in [6, 6.07) is 0.448. The van der Waals surface area contributed by atoms with E-state index in [-0.39, 0.29) is 0 Å². The molecule has 0 amide bonds. The van der Waals surface area contributed by atoms with Crippen LogP contribution in [0.3, 0.4) is 0 Å². The zero-order valence-electron chi connectivity index (χ0n) is 7.96. The van der Waals surface area contributed by atoms with Crippen LogP contribution in [0.25, 0.3) is 0 Å². The highest BCUT2D eigenvalue weighted by molar-refractivity contribution is 7.99. The molecule has 72 valence electrons. The van der Waals surface area contributed by atoms with Gasteiger partial charge in [0, 0.05) is 12.6 Å². The third-order valence-electron chi connectivity index (χ3n) is 2.28. The van der Waals surface area contributed by atoms with Crippen LogP contribution in [-0.2, 0) is 0 Å². The van der Waals surface area contributed by atoms with E-state index in [0.717, 1.165) is 6.54 Å². The second-order valence-electron chi connectivity index (χ2n) is 3.40. The first-order chi connectivity index (χ1) is 5.83. The Kier molecular flexibility index (Phi) is 5.04. The summed E-state index contributed by atoms with van der Waals surface area (Å²) in [6.07, 6.45) is 2.52. The van der Waals surface area contributed by atoms with E-state index in [1.54, 1.807) is 0 Å². The zero-order valence-corrected chi connectivity index (χ0v) is 8.78. The fraction of sp³-hybridized carbons (Fsp3) is 1.00. The van der Waals surface area contributed by atoms with Crippen LogP contribution in [0.2, 0.25) is 0 Å². The normalized spacial score (nSPS) is 25.0. The fourth-order valence-electron chi connectivity index (χ4n) is 1.60. The van der Waals surface area contributed by atoms with Crippen molar-refractivity contribution in [2.45, 2.75) is 25.8 Å². The average molecular weight is 188 g/mol. The lowest BCUT2D eigenvalue weighted by molar-refractivity contribution is 0.336. The third-order valence-corrected chi connectivity index (χ3v) is 3.26. The Balaban J connectivity index is 1.93. The monoisotopic (exact) mass is 188 g/mol. The molecular formula is C9H20N2S. The van der Waals surface area contributed by atoms with Gasteiger partial charge in [-0.25, -0.2) is 0 Å². The highest BCUT2D eigenvalue weighted by Crippen LogP contribution is 2.08. The lowest BCUT2D eigenvalue weighted by Crippen LogP contribution is -2.27. The van der Waals surface area contributed by atoms with Crippen molar-refractivity contribution in [3.8, 4) is 0 Å². The average Bonchev–Trinajstić information content (AvgIpc) is 2.45. The molecule has 12 heavy (non-hydrogen) atoms. The standard InChI is InChI=1S/C9H20N2S/c1-2-12-7-3-5-11-6-4-9(10)8-11/h9H,2-8,10H2,1H3/t9-/m0/s1. The van der Waals surface area contributed by atoms with Gasteiger partial charge in [-0.2, -0.15) is 11.8 Å². The Morgan fingerprint density at radius 3 is 3.00 bits per heavy atom. The van der Waals surface area contributed by atoms with Crippen molar-refractivity contribution >= 4 is 11.8 Å². The molecule has 2 N–H and O–H groups in total. The van der Waals surface area contributed by atoms with Crippen LogP contribution in [0.15, 0.2) is 0 Å². The van der Waals surface area contributed by atoms with Crippen molar-refractivity contribution in [3.05, 3.63) is 0 Å². The van der Waals surface area contributed by atoms with Crippen LogP contribution in [0.4, 0.5) is 0 Å². The van der Waals surface area contributed by atoms with Gasteiger partial charge in [0.1, 0.15) is 0 Å². The molecule has 1 aliphatic heterocycles. The summed E-state index contributed by atoms with van der Waals surface area (Å²) in [5.41, 5.74) is 5.81. The molecule has 1 atom stereocenters. The number of hydrogen-bond donors (Lipinski definition) is 1. The number of hydrogen-bond acceptors (Lipinski definition) is 3. The van der Waals surface area contributed by atoms with Crippen LogP contribution >= 0.6 is 11.8 Å². The maximum Gasteiger partial charge on any atom is 0.0180 e. The van der Waals surface area contributed by atoms with Gasteiger partial charge in [0.15, 0.2) is 0 Å². The minimum atomic E-state index is 0.448. The number of nitrogens with two attached hydrogens (primary N) is 1. The molecule has 1 aliphatic rings. The molecule has 1 heterocycles. The summed E-state index contributed by atoms with van der Waals surface area (Å²) in [6.45, 7) is 5.81. The van der Waals surface area contributed by atoms with E-state index < -0.39 is 0 Å². The van der Waals surface area contributed by atoms with Crippen LogP contribution in [0.1, 0.15) is 19.8 Å². The van der Waals surface area contributed by atoms with E-state index in [2.05, 4.69) is 11.8 Å². The summed E-state index contributed by atoms with van der Waals surface area (Å²) >= 11 is 2.03. The van der Waals surface area contributed by atoms with Crippen molar-refractivity contribution < 1.29 is 0 Å². The molecule has 0 bridgehead atoms. The Morgan fingerprint density at radius 1 is 1.58 bits per heavy atom. The van der Waals surface area contributed by atoms with Crippen LogP contribution in [0, 0.1) is 0 Å². The highest BCUT2D eigenvalue weighted by atomic mass is 32.2. The summed E-state index contributed by atoms with van der Waals surface area (Å²) in [5, 5.41) is 0. The molecule has 0 aromatic carbocycles. The van der Waals surface area contributed by atoms with E-state index in [4.69, 9.17) is 5.73 Å². The van der Waals surface area contributed by atoms with Gasteiger partial charge in [-0.3, -0.25) is 0 Å². The lowest BCUT2D eigenvalue weighted by atomic mass is 10.3. The van der Waals surface area contributed by atoms with Crippen molar-refractivity contribution in [1.29, 1.82) is 0 Å². The van der Waals surface area contributed by atoms with Crippen LogP contribution in [-0.4, -0.2) is 42.1 Å². The molecule has 0 unspecified atom stereocenters. The number of thioether (sulfide) groups is 1. The predicted octanol–water partition coefficient (Wildman–Crippen LogP) is 1.16. The number of nitrogens with zero attached hydrogens (tertiary/aromatic N) is 1. The molecule has 0 aliphatic carbocycles. The molecule has 0 aromatic heterocycles. The summed E-state index contributed by atoms with van der Waals surface area (Å²) in [5.74, 6) is 2.56. The summed E-state index contributed by atoms with van der Waals surface area (Å²) < 4.78 is 0. The predicted molar refractivity (Wildman–Crippen MR) is 56.6 cm³/mol. The van der Waals surface area contributed by atoms with Crippen molar-refractivity contribution in [2.75, 3.05) is 31.1 Å². The molecule has 0 spiro atoms. The first-order valence-electron chi connectivity index (χ1n) is 4.88. The Bertz CT molecular complexity index is 119. The third kappa shape index (κ3) is 3.78. The van der Waals surface area contributed by atoms with E-state index in [0.29, 0.717) is 6.04 Å². The van der Waals surface area contributed by atoms with Crippen molar-refractivity contribution in [3.63, 3.8) is 0 Å². The lowest BCUT2D eigenvalue weighted by Gasteiger charge is -2.14. The molecule has 0 aromatic rings. The maximum atomic E-state index is 5.81. The second-order valence-corrected chi connectivity index (χ2v) is 4.79. The SMILES string of the molecule is CCSCCCN1CC[C@H](N)C1. The molecule has 1 fully saturated rings. The van der Waals surface area contributed by atoms with Gasteiger partial charge < -0.3 is 10.6 Å². The quantitative estimate of drug-likeness (QED) is 0.657. The molecule has 1 saturated heterocycles. The second kappa shape index (κ2) is 5.84.